The van der Waals surface area contributed by atoms with E-state index in [0.717, 1.165) is 30.0 Å². The molecule has 6 nitrogen and oxygen atoms in total. The van der Waals surface area contributed by atoms with Gasteiger partial charge < -0.3 is 24.3 Å². The van der Waals surface area contributed by atoms with Crippen LogP contribution in [-0.2, 0) is 13.1 Å². The van der Waals surface area contributed by atoms with Gasteiger partial charge in [-0.3, -0.25) is 0 Å². The highest BCUT2D eigenvalue weighted by molar-refractivity contribution is 5.79. The van der Waals surface area contributed by atoms with E-state index in [2.05, 4.69) is 34.3 Å². The number of nitrogens with one attached hydrogen (secondary N) is 1. The predicted molar refractivity (Wildman–Crippen MR) is 109 cm³/mol. The van der Waals surface area contributed by atoms with Crippen molar-refractivity contribution in [3.63, 3.8) is 0 Å². The molecule has 1 N–H and O–H groups in total. The number of urea groups is 1. The number of carbonyl (C=O) groups is 1. The summed E-state index contributed by atoms with van der Waals surface area (Å²) in [5.41, 5.74) is 2.24. The number of fused-ring (bicyclic) bond motifs is 2. The van der Waals surface area contributed by atoms with Crippen LogP contribution in [0, 0.1) is 0 Å². The monoisotopic (exact) mass is 379 g/mol. The summed E-state index contributed by atoms with van der Waals surface area (Å²) in [6.07, 6.45) is 2.97. The van der Waals surface area contributed by atoms with E-state index in [-0.39, 0.29) is 6.03 Å². The molecule has 28 heavy (non-hydrogen) atoms. The molecule has 146 valence electrons. The van der Waals surface area contributed by atoms with Crippen LogP contribution >= 0.6 is 0 Å². The lowest BCUT2D eigenvalue weighted by Crippen LogP contribution is -2.37. The lowest BCUT2D eigenvalue weighted by molar-refractivity contribution is 0.171. The van der Waals surface area contributed by atoms with Crippen LogP contribution < -0.4 is 14.8 Å². The summed E-state index contributed by atoms with van der Waals surface area (Å²) in [6.45, 7) is 3.16. The van der Waals surface area contributed by atoms with Gasteiger partial charge in [0.05, 0.1) is 0 Å². The second kappa shape index (κ2) is 8.25. The van der Waals surface area contributed by atoms with Crippen molar-refractivity contribution < 1.29 is 14.3 Å². The van der Waals surface area contributed by atoms with E-state index in [9.17, 15) is 4.79 Å². The fourth-order valence-corrected chi connectivity index (χ4v) is 3.45. The van der Waals surface area contributed by atoms with Crippen LogP contribution in [0.3, 0.4) is 0 Å². The second-order valence-corrected chi connectivity index (χ2v) is 6.99. The number of carbonyl (C=O) groups excluding carboxylic acids is 1. The normalized spacial score (nSPS) is 12.8. The molecule has 2 heterocycles. The Hall–Kier alpha value is -3.15. The third-order valence-electron chi connectivity index (χ3n) is 4.91. The van der Waals surface area contributed by atoms with Crippen molar-refractivity contribution in [2.24, 2.45) is 0 Å². The summed E-state index contributed by atoms with van der Waals surface area (Å²) in [6, 6.07) is 16.2. The lowest BCUT2D eigenvalue weighted by Gasteiger charge is -2.21. The standard InChI is InChI=1S/C22H25N3O3/c1-24(16-17-7-8-20-21(15-17)28-14-13-27-20)22(26)23-10-4-11-25-12-9-18-5-2-3-6-19(18)25/h2-3,5-9,12,15H,4,10-11,13-14,16H2,1H3,(H,23,26). The van der Waals surface area contributed by atoms with Crippen LogP contribution in [0.2, 0.25) is 0 Å². The van der Waals surface area contributed by atoms with E-state index in [0.29, 0.717) is 26.3 Å². The van der Waals surface area contributed by atoms with E-state index in [4.69, 9.17) is 9.47 Å². The van der Waals surface area contributed by atoms with Crippen LogP contribution in [0.4, 0.5) is 4.79 Å². The molecule has 1 aliphatic rings. The molecule has 1 aliphatic heterocycles. The van der Waals surface area contributed by atoms with E-state index in [1.54, 1.807) is 11.9 Å². The summed E-state index contributed by atoms with van der Waals surface area (Å²) in [7, 11) is 1.80. The number of aromatic nitrogens is 1. The Bertz CT molecular complexity index is 967. The fraction of sp³-hybridized carbons (Fsp3) is 0.318. The largest absolute Gasteiger partial charge is 0.486 e. The number of nitrogens with zero attached hydrogens (tertiary/aromatic N) is 2. The molecule has 0 saturated heterocycles. The molecule has 2 aromatic carbocycles. The van der Waals surface area contributed by atoms with E-state index in [1.807, 2.05) is 30.3 Å². The number of ether oxygens (including phenoxy) is 2. The first-order chi connectivity index (χ1) is 13.7. The number of amides is 2. The van der Waals surface area contributed by atoms with Gasteiger partial charge in [-0.15, -0.1) is 0 Å². The Morgan fingerprint density at radius 2 is 1.93 bits per heavy atom. The van der Waals surface area contributed by atoms with Crippen LogP contribution in [0.15, 0.2) is 54.7 Å². The van der Waals surface area contributed by atoms with E-state index in [1.165, 1.54) is 10.9 Å². The highest BCUT2D eigenvalue weighted by Gasteiger charge is 2.14. The molecule has 0 aliphatic carbocycles. The molecule has 0 fully saturated rings. The lowest BCUT2D eigenvalue weighted by atomic mass is 10.2. The van der Waals surface area contributed by atoms with Crippen molar-refractivity contribution in [3.8, 4) is 11.5 Å². The van der Waals surface area contributed by atoms with Gasteiger partial charge in [0, 0.05) is 38.4 Å². The Kier molecular flexibility index (Phi) is 5.37. The van der Waals surface area contributed by atoms with Crippen molar-refractivity contribution >= 4 is 16.9 Å². The van der Waals surface area contributed by atoms with Crippen molar-refractivity contribution in [2.45, 2.75) is 19.5 Å². The van der Waals surface area contributed by atoms with Gasteiger partial charge in [-0.05, 0) is 41.6 Å². The van der Waals surface area contributed by atoms with Crippen LogP contribution in [0.5, 0.6) is 11.5 Å². The zero-order valence-corrected chi connectivity index (χ0v) is 16.1. The minimum atomic E-state index is -0.0766. The SMILES string of the molecule is CN(Cc1ccc2c(c1)OCCO2)C(=O)NCCCn1ccc2ccccc21. The van der Waals surface area contributed by atoms with Gasteiger partial charge in [-0.25, -0.2) is 4.79 Å². The van der Waals surface area contributed by atoms with Gasteiger partial charge >= 0.3 is 6.03 Å². The second-order valence-electron chi connectivity index (χ2n) is 6.99. The zero-order valence-electron chi connectivity index (χ0n) is 16.1. The molecule has 0 bridgehead atoms. The third-order valence-corrected chi connectivity index (χ3v) is 4.91. The van der Waals surface area contributed by atoms with Gasteiger partial charge in [-0.2, -0.15) is 0 Å². The molecular weight excluding hydrogens is 354 g/mol. The van der Waals surface area contributed by atoms with Crippen molar-refractivity contribution in [2.75, 3.05) is 26.8 Å². The molecule has 1 aromatic heterocycles. The number of aryl methyl sites for hydroxylation is 1. The molecule has 0 saturated carbocycles. The molecule has 3 aromatic rings. The maximum atomic E-state index is 12.4. The van der Waals surface area contributed by atoms with Gasteiger partial charge in [0.1, 0.15) is 13.2 Å². The Morgan fingerprint density at radius 1 is 1.11 bits per heavy atom. The summed E-state index contributed by atoms with van der Waals surface area (Å²) in [4.78, 5) is 14.0. The molecule has 2 amide bonds. The highest BCUT2D eigenvalue weighted by Crippen LogP contribution is 2.31. The quantitative estimate of drug-likeness (QED) is 0.665. The van der Waals surface area contributed by atoms with Gasteiger partial charge in [0.15, 0.2) is 11.5 Å². The molecule has 0 unspecified atom stereocenters. The molecule has 0 atom stereocenters. The molecule has 6 heteroatoms. The fourth-order valence-electron chi connectivity index (χ4n) is 3.45. The van der Waals surface area contributed by atoms with Gasteiger partial charge in [0.25, 0.3) is 0 Å². The minimum Gasteiger partial charge on any atom is -0.486 e. The van der Waals surface area contributed by atoms with Gasteiger partial charge in [-0.1, -0.05) is 24.3 Å². The summed E-state index contributed by atoms with van der Waals surface area (Å²) in [5, 5.41) is 4.23. The summed E-state index contributed by atoms with van der Waals surface area (Å²) < 4.78 is 13.4. The van der Waals surface area contributed by atoms with Crippen molar-refractivity contribution in [1.82, 2.24) is 14.8 Å². The first-order valence-electron chi connectivity index (χ1n) is 9.62. The van der Waals surface area contributed by atoms with Gasteiger partial charge in [0.2, 0.25) is 0 Å². The predicted octanol–water partition coefficient (Wildman–Crippen LogP) is 3.64. The van der Waals surface area contributed by atoms with E-state index < -0.39 is 0 Å². The first kappa shape index (κ1) is 18.2. The number of rotatable bonds is 6. The van der Waals surface area contributed by atoms with Crippen molar-refractivity contribution in [3.05, 3.63) is 60.3 Å². The number of hydrogen-bond acceptors (Lipinski definition) is 3. The topological polar surface area (TPSA) is 55.7 Å². The number of benzene rings is 2. The summed E-state index contributed by atoms with van der Waals surface area (Å²) >= 11 is 0. The Labute approximate surface area is 164 Å². The maximum absolute atomic E-state index is 12.4. The van der Waals surface area contributed by atoms with E-state index >= 15 is 0 Å². The zero-order chi connectivity index (χ0) is 19.3. The molecular formula is C22H25N3O3. The van der Waals surface area contributed by atoms with Crippen LogP contribution in [0.25, 0.3) is 10.9 Å². The summed E-state index contributed by atoms with van der Waals surface area (Å²) in [5.74, 6) is 1.51. The third kappa shape index (κ3) is 4.06. The average molecular weight is 379 g/mol. The van der Waals surface area contributed by atoms with Crippen LogP contribution in [-0.4, -0.2) is 42.3 Å². The van der Waals surface area contributed by atoms with Crippen molar-refractivity contribution in [1.29, 1.82) is 0 Å². The number of hydrogen-bond donors (Lipinski definition) is 1. The minimum absolute atomic E-state index is 0.0766. The molecule has 0 radical (unpaired) electrons. The van der Waals surface area contributed by atoms with Crippen LogP contribution in [0.1, 0.15) is 12.0 Å². The maximum Gasteiger partial charge on any atom is 0.317 e. The average Bonchev–Trinajstić information content (AvgIpc) is 3.14. The molecule has 4 rings (SSSR count). The Balaban J connectivity index is 1.24. The highest BCUT2D eigenvalue weighted by atomic mass is 16.6. The molecule has 0 spiro atoms. The first-order valence-corrected chi connectivity index (χ1v) is 9.62. The Morgan fingerprint density at radius 3 is 2.82 bits per heavy atom. The number of para-hydroxylation sites is 1. The smallest absolute Gasteiger partial charge is 0.317 e.